The number of carbonyl (C=O) groups is 1. The zero-order valence-corrected chi connectivity index (χ0v) is 16.5. The van der Waals surface area contributed by atoms with Gasteiger partial charge in [0.15, 0.2) is 0 Å². The zero-order valence-electron chi connectivity index (χ0n) is 15.7. The van der Waals surface area contributed by atoms with Crippen LogP contribution in [0.2, 0.25) is 0 Å². The summed E-state index contributed by atoms with van der Waals surface area (Å²) >= 11 is 1.66. The molecule has 0 aliphatic carbocycles. The zero-order chi connectivity index (χ0) is 18.1. The van der Waals surface area contributed by atoms with Crippen LogP contribution in [0.25, 0.3) is 0 Å². The van der Waals surface area contributed by atoms with Crippen LogP contribution in [0, 0.1) is 19.3 Å². The maximum atomic E-state index is 12.7. The van der Waals surface area contributed by atoms with E-state index >= 15 is 0 Å². The third kappa shape index (κ3) is 3.58. The van der Waals surface area contributed by atoms with Gasteiger partial charge in [0.05, 0.1) is 12.1 Å². The number of nitrogens with zero attached hydrogens (tertiary/aromatic N) is 3. The lowest BCUT2D eigenvalue weighted by molar-refractivity contribution is -0.130. The summed E-state index contributed by atoms with van der Waals surface area (Å²) < 4.78 is 5.32. The van der Waals surface area contributed by atoms with E-state index in [1.54, 1.807) is 11.3 Å². The molecule has 0 bridgehead atoms. The summed E-state index contributed by atoms with van der Waals surface area (Å²) in [6.07, 6.45) is 4.10. The highest BCUT2D eigenvalue weighted by Gasteiger charge is 2.42. The number of aryl methyl sites for hydroxylation is 2. The Balaban J connectivity index is 1.38. The molecule has 1 atom stereocenters. The minimum absolute atomic E-state index is 0.265. The molecule has 26 heavy (non-hydrogen) atoms. The molecule has 0 radical (unpaired) electrons. The van der Waals surface area contributed by atoms with E-state index < -0.39 is 0 Å². The SMILES string of the molecule is Cc1noc(C)c1CN1CCC[C@@]2(CCN(C(=O)Cc3ccsc3)C2)C1. The van der Waals surface area contributed by atoms with E-state index in [9.17, 15) is 4.79 Å². The molecule has 0 saturated carbocycles. The van der Waals surface area contributed by atoms with Gasteiger partial charge in [0, 0.05) is 37.2 Å². The topological polar surface area (TPSA) is 49.6 Å². The van der Waals surface area contributed by atoms with Crippen LogP contribution in [-0.2, 0) is 17.8 Å². The Morgan fingerprint density at radius 3 is 2.92 bits per heavy atom. The Morgan fingerprint density at radius 2 is 2.19 bits per heavy atom. The molecule has 2 saturated heterocycles. The molecule has 2 aromatic heterocycles. The summed E-state index contributed by atoms with van der Waals surface area (Å²) in [4.78, 5) is 17.3. The Bertz CT molecular complexity index is 751. The van der Waals surface area contributed by atoms with Gasteiger partial charge in [-0.05, 0) is 62.0 Å². The Hall–Kier alpha value is -1.66. The van der Waals surface area contributed by atoms with Crippen molar-refractivity contribution in [3.05, 3.63) is 39.4 Å². The second kappa shape index (κ2) is 7.16. The van der Waals surface area contributed by atoms with Gasteiger partial charge < -0.3 is 9.42 Å². The average molecular weight is 374 g/mol. The van der Waals surface area contributed by atoms with Crippen molar-refractivity contribution in [2.75, 3.05) is 26.2 Å². The largest absolute Gasteiger partial charge is 0.361 e. The quantitative estimate of drug-likeness (QED) is 0.824. The van der Waals surface area contributed by atoms with Gasteiger partial charge in [-0.2, -0.15) is 11.3 Å². The molecule has 2 fully saturated rings. The standard InChI is InChI=1S/C20H27N3O2S/c1-15-18(16(2)25-21-15)11-22-7-3-5-20(13-22)6-8-23(14-20)19(24)10-17-4-9-26-12-17/h4,9,12H,3,5-8,10-11,13-14H2,1-2H3/t20-/m1/s1. The monoisotopic (exact) mass is 373 g/mol. The Kier molecular flexibility index (Phi) is 4.88. The fourth-order valence-corrected chi connectivity index (χ4v) is 5.23. The first kappa shape index (κ1) is 17.7. The van der Waals surface area contributed by atoms with E-state index in [4.69, 9.17) is 4.52 Å². The summed E-state index contributed by atoms with van der Waals surface area (Å²) in [5.41, 5.74) is 3.64. The van der Waals surface area contributed by atoms with Crippen LogP contribution in [0.1, 0.15) is 41.8 Å². The van der Waals surface area contributed by atoms with Crippen LogP contribution >= 0.6 is 11.3 Å². The number of hydrogen-bond donors (Lipinski definition) is 0. The highest BCUT2D eigenvalue weighted by atomic mass is 32.1. The number of thiophene rings is 1. The molecule has 5 nitrogen and oxygen atoms in total. The minimum atomic E-state index is 0.265. The highest BCUT2D eigenvalue weighted by molar-refractivity contribution is 7.08. The third-order valence-corrected chi connectivity index (χ3v) is 6.76. The Morgan fingerprint density at radius 1 is 1.31 bits per heavy atom. The molecule has 0 aromatic carbocycles. The first-order chi connectivity index (χ1) is 12.5. The van der Waals surface area contributed by atoms with E-state index in [0.717, 1.165) is 56.2 Å². The summed E-state index contributed by atoms with van der Waals surface area (Å²) in [7, 11) is 0. The van der Waals surface area contributed by atoms with Crippen LogP contribution in [0.4, 0.5) is 0 Å². The van der Waals surface area contributed by atoms with Gasteiger partial charge in [-0.3, -0.25) is 9.69 Å². The van der Waals surface area contributed by atoms with Crippen molar-refractivity contribution in [1.82, 2.24) is 15.0 Å². The molecular formula is C20H27N3O2S. The van der Waals surface area contributed by atoms with Crippen LogP contribution in [-0.4, -0.2) is 47.0 Å². The maximum absolute atomic E-state index is 12.7. The minimum Gasteiger partial charge on any atom is -0.361 e. The van der Waals surface area contributed by atoms with Crippen LogP contribution in [0.15, 0.2) is 21.3 Å². The fraction of sp³-hybridized carbons (Fsp3) is 0.600. The molecule has 140 valence electrons. The second-order valence-corrected chi connectivity index (χ2v) is 8.77. The van der Waals surface area contributed by atoms with Gasteiger partial charge in [0.1, 0.15) is 5.76 Å². The summed E-state index contributed by atoms with van der Waals surface area (Å²) in [5, 5.41) is 8.21. The average Bonchev–Trinajstić information content (AvgIpc) is 3.34. The van der Waals surface area contributed by atoms with Crippen molar-refractivity contribution in [2.24, 2.45) is 5.41 Å². The van der Waals surface area contributed by atoms with Crippen molar-refractivity contribution in [2.45, 2.75) is 46.1 Å². The molecule has 2 aliphatic rings. The number of amides is 1. The fourth-order valence-electron chi connectivity index (χ4n) is 4.56. The molecule has 1 amide bonds. The number of likely N-dealkylation sites (tertiary alicyclic amines) is 2. The number of hydrogen-bond acceptors (Lipinski definition) is 5. The lowest BCUT2D eigenvalue weighted by atomic mass is 9.79. The molecular weight excluding hydrogens is 346 g/mol. The molecule has 0 unspecified atom stereocenters. The van der Waals surface area contributed by atoms with Crippen molar-refractivity contribution in [1.29, 1.82) is 0 Å². The Labute approximate surface area is 159 Å². The molecule has 1 spiro atoms. The summed E-state index contributed by atoms with van der Waals surface area (Å²) in [6, 6.07) is 2.06. The van der Waals surface area contributed by atoms with Crippen LogP contribution < -0.4 is 0 Å². The van der Waals surface area contributed by atoms with Gasteiger partial charge in [-0.15, -0.1) is 0 Å². The van der Waals surface area contributed by atoms with Crippen molar-refractivity contribution < 1.29 is 9.32 Å². The van der Waals surface area contributed by atoms with Gasteiger partial charge in [-0.1, -0.05) is 5.16 Å². The van der Waals surface area contributed by atoms with E-state index in [-0.39, 0.29) is 11.3 Å². The molecule has 4 heterocycles. The molecule has 2 aromatic rings. The number of piperidine rings is 1. The first-order valence-corrected chi connectivity index (χ1v) is 10.4. The maximum Gasteiger partial charge on any atom is 0.227 e. The first-order valence-electron chi connectivity index (χ1n) is 9.48. The van der Waals surface area contributed by atoms with E-state index in [0.29, 0.717) is 6.42 Å². The highest BCUT2D eigenvalue weighted by Crippen LogP contribution is 2.39. The number of rotatable bonds is 4. The normalized spacial score (nSPS) is 23.8. The summed E-state index contributed by atoms with van der Waals surface area (Å²) in [5.74, 6) is 1.21. The van der Waals surface area contributed by atoms with Gasteiger partial charge in [0.2, 0.25) is 5.91 Å². The van der Waals surface area contributed by atoms with Gasteiger partial charge in [0.25, 0.3) is 0 Å². The van der Waals surface area contributed by atoms with E-state index in [2.05, 4.69) is 26.4 Å². The predicted molar refractivity (Wildman–Crippen MR) is 102 cm³/mol. The summed E-state index contributed by atoms with van der Waals surface area (Å²) in [6.45, 7) is 8.93. The smallest absolute Gasteiger partial charge is 0.227 e. The number of aromatic nitrogens is 1. The van der Waals surface area contributed by atoms with Crippen molar-refractivity contribution in [3.63, 3.8) is 0 Å². The van der Waals surface area contributed by atoms with Crippen molar-refractivity contribution in [3.8, 4) is 0 Å². The van der Waals surface area contributed by atoms with Crippen LogP contribution in [0.5, 0.6) is 0 Å². The second-order valence-electron chi connectivity index (χ2n) is 7.99. The van der Waals surface area contributed by atoms with E-state index in [1.165, 1.54) is 18.4 Å². The molecule has 6 heteroatoms. The van der Waals surface area contributed by atoms with Gasteiger partial charge >= 0.3 is 0 Å². The van der Waals surface area contributed by atoms with Crippen molar-refractivity contribution >= 4 is 17.2 Å². The third-order valence-electron chi connectivity index (χ3n) is 6.03. The molecule has 0 N–H and O–H groups in total. The van der Waals surface area contributed by atoms with Crippen LogP contribution in [0.3, 0.4) is 0 Å². The lowest BCUT2D eigenvalue weighted by Crippen LogP contribution is -2.45. The predicted octanol–water partition coefficient (Wildman–Crippen LogP) is 3.41. The van der Waals surface area contributed by atoms with E-state index in [1.807, 2.05) is 19.2 Å². The van der Waals surface area contributed by atoms with Gasteiger partial charge in [-0.25, -0.2) is 0 Å². The number of carbonyl (C=O) groups excluding carboxylic acids is 1. The lowest BCUT2D eigenvalue weighted by Gasteiger charge is -2.40. The molecule has 4 rings (SSSR count). The molecule has 2 aliphatic heterocycles.